The molecule has 0 aliphatic carbocycles. The predicted octanol–water partition coefficient (Wildman–Crippen LogP) is 5.04. The Labute approximate surface area is 218 Å². The number of benzene rings is 1. The summed E-state index contributed by atoms with van der Waals surface area (Å²) in [5.41, 5.74) is 8.71. The zero-order chi connectivity index (χ0) is 27.4. The minimum Gasteiger partial charge on any atom is -0.485 e. The van der Waals surface area contributed by atoms with Crippen LogP contribution in [-0.4, -0.2) is 32.7 Å². The van der Waals surface area contributed by atoms with Crippen LogP contribution in [0.4, 0.5) is 8.78 Å². The van der Waals surface area contributed by atoms with Crippen LogP contribution < -0.4 is 10.5 Å². The zero-order valence-corrected chi connectivity index (χ0v) is 21.3. The molecule has 1 aromatic carbocycles. The number of imidazole rings is 1. The number of hydrogen-bond acceptors (Lipinski definition) is 7. The molecule has 4 aromatic rings. The van der Waals surface area contributed by atoms with Crippen molar-refractivity contribution >= 4 is 17.4 Å². The highest BCUT2D eigenvalue weighted by Gasteiger charge is 2.22. The first kappa shape index (κ1) is 26.9. The summed E-state index contributed by atoms with van der Waals surface area (Å²) in [6.07, 6.45) is 2.14. The number of Topliss-reactive ketones (excluding diaryl/α,β-unsaturated/α-hetero) is 1. The topological polar surface area (TPSA) is 109 Å². The molecule has 3 heterocycles. The van der Waals surface area contributed by atoms with Crippen molar-refractivity contribution in [2.75, 3.05) is 6.61 Å². The summed E-state index contributed by atoms with van der Waals surface area (Å²) in [5, 5.41) is 0. The standard InChI is InChI=1S/C28H28F2N4O4/c1-4-37-28(36)23-10-6-9-22(33-23)21(31)11-12-24(35)26-17(3)32-27-25(13-16(2)14-34(26)27)38-15-18-19(29)7-5-8-20(18)30/h5-10,13-14,21H,4,11-12,15,31H2,1-3H3. The Morgan fingerprint density at radius 3 is 2.50 bits per heavy atom. The molecule has 0 saturated heterocycles. The predicted molar refractivity (Wildman–Crippen MR) is 136 cm³/mol. The number of nitrogens with two attached hydrogens (primary N) is 1. The van der Waals surface area contributed by atoms with Crippen LogP contribution in [0.2, 0.25) is 0 Å². The molecule has 0 fully saturated rings. The monoisotopic (exact) mass is 522 g/mol. The molecule has 1 unspecified atom stereocenters. The first-order valence-corrected chi connectivity index (χ1v) is 12.2. The van der Waals surface area contributed by atoms with E-state index in [-0.39, 0.29) is 43.1 Å². The first-order chi connectivity index (χ1) is 18.2. The highest BCUT2D eigenvalue weighted by atomic mass is 19.1. The van der Waals surface area contributed by atoms with Crippen LogP contribution >= 0.6 is 0 Å². The van der Waals surface area contributed by atoms with Gasteiger partial charge in [0.05, 0.1) is 23.6 Å². The molecular formula is C28H28F2N4O4. The normalized spacial score (nSPS) is 11.9. The summed E-state index contributed by atoms with van der Waals surface area (Å²) < 4.78 is 40.5. The number of ketones is 1. The van der Waals surface area contributed by atoms with E-state index >= 15 is 0 Å². The molecule has 4 rings (SSSR count). The maximum atomic E-state index is 14.1. The van der Waals surface area contributed by atoms with Crippen molar-refractivity contribution in [3.8, 4) is 5.75 Å². The number of hydrogen-bond donors (Lipinski definition) is 1. The SMILES string of the molecule is CCOC(=O)c1cccc(C(N)CCC(=O)c2c(C)nc3c(OCc4c(F)cccc4F)cc(C)cn23)n1. The maximum Gasteiger partial charge on any atom is 0.356 e. The lowest BCUT2D eigenvalue weighted by molar-refractivity contribution is 0.0518. The van der Waals surface area contributed by atoms with Gasteiger partial charge in [-0.2, -0.15) is 0 Å². The smallest absolute Gasteiger partial charge is 0.356 e. The Kier molecular flexibility index (Phi) is 8.11. The molecule has 1 atom stereocenters. The van der Waals surface area contributed by atoms with Gasteiger partial charge in [-0.15, -0.1) is 0 Å². The summed E-state index contributed by atoms with van der Waals surface area (Å²) in [5.74, 6) is -1.84. The molecule has 0 aliphatic heterocycles. The maximum absolute atomic E-state index is 14.1. The van der Waals surface area contributed by atoms with Gasteiger partial charge < -0.3 is 15.2 Å². The lowest BCUT2D eigenvalue weighted by Crippen LogP contribution is -2.17. The van der Waals surface area contributed by atoms with Gasteiger partial charge in [-0.3, -0.25) is 9.20 Å². The Morgan fingerprint density at radius 2 is 1.79 bits per heavy atom. The second kappa shape index (κ2) is 11.5. The van der Waals surface area contributed by atoms with Crippen LogP contribution in [0.15, 0.2) is 48.7 Å². The van der Waals surface area contributed by atoms with Gasteiger partial charge in [0.15, 0.2) is 17.2 Å². The highest BCUT2D eigenvalue weighted by Crippen LogP contribution is 2.27. The van der Waals surface area contributed by atoms with Gasteiger partial charge >= 0.3 is 5.97 Å². The number of carbonyl (C=O) groups is 2. The third kappa shape index (κ3) is 5.70. The summed E-state index contributed by atoms with van der Waals surface area (Å²) in [4.78, 5) is 34.0. The van der Waals surface area contributed by atoms with Crippen LogP contribution in [0.3, 0.4) is 0 Å². The van der Waals surface area contributed by atoms with E-state index in [2.05, 4.69) is 9.97 Å². The van der Waals surface area contributed by atoms with E-state index in [0.717, 1.165) is 17.7 Å². The second-order valence-electron chi connectivity index (χ2n) is 8.85. The molecule has 3 aromatic heterocycles. The Bertz CT molecular complexity index is 1480. The van der Waals surface area contributed by atoms with Crippen molar-refractivity contribution in [3.63, 3.8) is 0 Å². The third-order valence-corrected chi connectivity index (χ3v) is 6.01. The first-order valence-electron chi connectivity index (χ1n) is 12.2. The minimum absolute atomic E-state index is 0.103. The number of rotatable bonds is 10. The Morgan fingerprint density at radius 1 is 1.08 bits per heavy atom. The fraction of sp³-hybridized carbons (Fsp3) is 0.286. The van der Waals surface area contributed by atoms with Crippen LogP contribution in [-0.2, 0) is 11.3 Å². The molecule has 0 aliphatic rings. The van der Waals surface area contributed by atoms with E-state index < -0.39 is 23.6 Å². The average molecular weight is 523 g/mol. The number of esters is 1. The van der Waals surface area contributed by atoms with E-state index in [1.165, 1.54) is 6.07 Å². The van der Waals surface area contributed by atoms with Gasteiger partial charge in [0, 0.05) is 18.7 Å². The van der Waals surface area contributed by atoms with E-state index in [1.54, 1.807) is 48.7 Å². The summed E-state index contributed by atoms with van der Waals surface area (Å²) in [7, 11) is 0. The summed E-state index contributed by atoms with van der Waals surface area (Å²) >= 11 is 0. The van der Waals surface area contributed by atoms with Crippen molar-refractivity contribution in [2.45, 2.75) is 46.3 Å². The molecule has 0 radical (unpaired) electrons. The third-order valence-electron chi connectivity index (χ3n) is 6.01. The molecule has 0 bridgehead atoms. The highest BCUT2D eigenvalue weighted by molar-refractivity contribution is 5.96. The molecule has 8 nitrogen and oxygen atoms in total. The summed E-state index contributed by atoms with van der Waals surface area (Å²) in [6.45, 7) is 5.13. The second-order valence-corrected chi connectivity index (χ2v) is 8.85. The van der Waals surface area contributed by atoms with Crippen LogP contribution in [0.25, 0.3) is 5.65 Å². The largest absolute Gasteiger partial charge is 0.485 e. The van der Waals surface area contributed by atoms with Gasteiger partial charge in [0.2, 0.25) is 0 Å². The van der Waals surface area contributed by atoms with Crippen molar-refractivity contribution in [1.29, 1.82) is 0 Å². The summed E-state index contributed by atoms with van der Waals surface area (Å²) in [6, 6.07) is 9.65. The minimum atomic E-state index is -0.706. The Hall–Kier alpha value is -4.18. The van der Waals surface area contributed by atoms with Gasteiger partial charge in [0.25, 0.3) is 0 Å². The fourth-order valence-corrected chi connectivity index (χ4v) is 4.15. The van der Waals surface area contributed by atoms with E-state index in [4.69, 9.17) is 15.2 Å². The molecule has 0 amide bonds. The quantitative estimate of drug-likeness (QED) is 0.229. The average Bonchev–Trinajstić information content (AvgIpc) is 3.22. The number of carbonyl (C=O) groups excluding carboxylic acids is 2. The molecule has 198 valence electrons. The number of aryl methyl sites for hydroxylation is 2. The number of ether oxygens (including phenoxy) is 2. The Balaban J connectivity index is 1.53. The van der Waals surface area contributed by atoms with Gasteiger partial charge in [0.1, 0.15) is 29.6 Å². The van der Waals surface area contributed by atoms with Gasteiger partial charge in [-0.1, -0.05) is 12.1 Å². The number of aromatic nitrogens is 3. The molecule has 38 heavy (non-hydrogen) atoms. The van der Waals surface area contributed by atoms with Gasteiger partial charge in [-0.25, -0.2) is 23.5 Å². The van der Waals surface area contributed by atoms with Crippen molar-refractivity contribution < 1.29 is 27.8 Å². The van der Waals surface area contributed by atoms with E-state index in [0.29, 0.717) is 28.5 Å². The lowest BCUT2D eigenvalue weighted by atomic mass is 10.0. The molecule has 2 N–H and O–H groups in total. The fourth-order valence-electron chi connectivity index (χ4n) is 4.15. The number of nitrogens with zero attached hydrogens (tertiary/aromatic N) is 3. The number of pyridine rings is 2. The van der Waals surface area contributed by atoms with Gasteiger partial charge in [-0.05, 0) is 63.1 Å². The van der Waals surface area contributed by atoms with Crippen molar-refractivity contribution in [2.24, 2.45) is 5.73 Å². The van der Waals surface area contributed by atoms with Crippen molar-refractivity contribution in [1.82, 2.24) is 14.4 Å². The van der Waals surface area contributed by atoms with E-state index in [1.807, 2.05) is 6.92 Å². The molecule has 10 heteroatoms. The lowest BCUT2D eigenvalue weighted by Gasteiger charge is -2.13. The molecule has 0 saturated carbocycles. The molecule has 0 spiro atoms. The zero-order valence-electron chi connectivity index (χ0n) is 21.3. The van der Waals surface area contributed by atoms with Crippen LogP contribution in [0.1, 0.15) is 69.3 Å². The number of halogens is 2. The van der Waals surface area contributed by atoms with Crippen LogP contribution in [0, 0.1) is 25.5 Å². The van der Waals surface area contributed by atoms with E-state index in [9.17, 15) is 18.4 Å². The van der Waals surface area contributed by atoms with Crippen molar-refractivity contribution in [3.05, 3.63) is 94.2 Å². The van der Waals surface area contributed by atoms with Crippen LogP contribution in [0.5, 0.6) is 5.75 Å². The molecular weight excluding hydrogens is 494 g/mol. The number of fused-ring (bicyclic) bond motifs is 1.